The lowest BCUT2D eigenvalue weighted by atomic mass is 9.89. The first-order valence-electron chi connectivity index (χ1n) is 13.4. The second kappa shape index (κ2) is 10.6. The van der Waals surface area contributed by atoms with E-state index in [-0.39, 0.29) is 29.3 Å². The van der Waals surface area contributed by atoms with Gasteiger partial charge in [-0.15, -0.1) is 0 Å². The lowest BCUT2D eigenvalue weighted by molar-refractivity contribution is 0.192. The predicted octanol–water partition coefficient (Wildman–Crippen LogP) is 5.77. The van der Waals surface area contributed by atoms with Gasteiger partial charge in [-0.2, -0.15) is 0 Å². The minimum atomic E-state index is -0.256. The molecule has 0 bridgehead atoms. The van der Waals surface area contributed by atoms with Crippen LogP contribution in [0.3, 0.4) is 0 Å². The number of fused-ring (bicyclic) bond motifs is 3. The van der Waals surface area contributed by atoms with Crippen molar-refractivity contribution in [3.63, 3.8) is 0 Å². The monoisotopic (exact) mass is 514 g/mol. The van der Waals surface area contributed by atoms with Gasteiger partial charge in [0, 0.05) is 55.4 Å². The number of hydrogen-bond acceptors (Lipinski definition) is 3. The fourth-order valence-corrected chi connectivity index (χ4v) is 6.12. The molecular weight excluding hydrogens is 482 g/mol. The van der Waals surface area contributed by atoms with Crippen molar-refractivity contribution in [2.24, 2.45) is 0 Å². The van der Waals surface area contributed by atoms with Gasteiger partial charge in [0.15, 0.2) is 0 Å². The largest absolute Gasteiger partial charge is 0.337 e. The molecule has 6 rings (SSSR count). The smallest absolute Gasteiger partial charge is 0.328 e. The van der Waals surface area contributed by atoms with Crippen LogP contribution in [0.5, 0.6) is 0 Å². The Kier molecular flexibility index (Phi) is 6.85. The van der Waals surface area contributed by atoms with Gasteiger partial charge in [0.05, 0.1) is 6.54 Å². The third-order valence-corrected chi connectivity index (χ3v) is 7.98. The second-order valence-corrected chi connectivity index (χ2v) is 10.4. The van der Waals surface area contributed by atoms with E-state index in [2.05, 4.69) is 9.80 Å². The lowest BCUT2D eigenvalue weighted by Crippen LogP contribution is -2.45. The first-order valence-corrected chi connectivity index (χ1v) is 13.4. The number of aryl methyl sites for hydroxylation is 1. The van der Waals surface area contributed by atoms with Crippen molar-refractivity contribution >= 4 is 11.4 Å². The summed E-state index contributed by atoms with van der Waals surface area (Å²) in [4.78, 5) is 17.5. The minimum absolute atomic E-state index is 0.0279. The van der Waals surface area contributed by atoms with Gasteiger partial charge in [0.1, 0.15) is 11.6 Å². The fraction of sp³-hybridized carbons (Fsp3) is 0.323. The highest BCUT2D eigenvalue weighted by Crippen LogP contribution is 2.48. The van der Waals surface area contributed by atoms with Crippen LogP contribution >= 0.6 is 0 Å². The summed E-state index contributed by atoms with van der Waals surface area (Å²) in [6.45, 7) is 4.06. The Morgan fingerprint density at radius 1 is 0.816 bits per heavy atom. The normalized spacial score (nSPS) is 18.9. The second-order valence-electron chi connectivity index (χ2n) is 10.4. The average Bonchev–Trinajstić information content (AvgIpc) is 3.44. The molecule has 1 aromatic heterocycles. The summed E-state index contributed by atoms with van der Waals surface area (Å²) in [6.07, 6.45) is 6.62. The number of halogens is 2. The van der Waals surface area contributed by atoms with Crippen molar-refractivity contribution < 1.29 is 8.78 Å². The van der Waals surface area contributed by atoms with Gasteiger partial charge in [-0.1, -0.05) is 30.3 Å². The van der Waals surface area contributed by atoms with Gasteiger partial charge in [-0.25, -0.2) is 13.6 Å². The van der Waals surface area contributed by atoms with Crippen molar-refractivity contribution in [2.75, 3.05) is 24.5 Å². The van der Waals surface area contributed by atoms with E-state index in [1.807, 2.05) is 60.9 Å². The van der Waals surface area contributed by atoms with Crippen molar-refractivity contribution in [1.82, 2.24) is 14.0 Å². The van der Waals surface area contributed by atoms with Crippen molar-refractivity contribution in [2.45, 2.75) is 44.3 Å². The Morgan fingerprint density at radius 3 is 2.37 bits per heavy atom. The van der Waals surface area contributed by atoms with E-state index in [4.69, 9.17) is 0 Å². The SMILES string of the molecule is O=c1n(CCCCN2CC[C@@H]3[C@@H](C2)c2cc(F)ccc2N3c2ccc(F)cc2)ccn1Cc1ccccc1. The summed E-state index contributed by atoms with van der Waals surface area (Å²) < 4.78 is 31.4. The Bertz CT molecular complexity index is 1450. The highest BCUT2D eigenvalue weighted by atomic mass is 19.1. The number of benzene rings is 3. The predicted molar refractivity (Wildman–Crippen MR) is 146 cm³/mol. The zero-order valence-corrected chi connectivity index (χ0v) is 21.3. The summed E-state index contributed by atoms with van der Waals surface area (Å²) in [5, 5.41) is 0. The molecule has 7 heteroatoms. The first kappa shape index (κ1) is 24.6. The Balaban J connectivity index is 1.07. The van der Waals surface area contributed by atoms with Crippen LogP contribution in [0.4, 0.5) is 20.2 Å². The topological polar surface area (TPSA) is 33.4 Å². The standard InChI is InChI=1S/C31H32F2N4O/c32-24-8-11-26(12-9-24)37-29-13-10-25(33)20-27(29)28-22-34(17-14-30(28)37)15-4-5-16-35-18-19-36(31(35)38)21-23-6-2-1-3-7-23/h1-3,6-13,18-20,28,30H,4-5,14-17,21-22H2/t28-,30+/m0/s1. The van der Waals surface area contributed by atoms with Crippen molar-refractivity contribution in [3.8, 4) is 0 Å². The molecule has 0 aliphatic carbocycles. The molecule has 38 heavy (non-hydrogen) atoms. The molecule has 2 atom stereocenters. The molecule has 0 N–H and O–H groups in total. The highest BCUT2D eigenvalue weighted by Gasteiger charge is 2.42. The maximum Gasteiger partial charge on any atom is 0.328 e. The van der Waals surface area contributed by atoms with Gasteiger partial charge in [0.2, 0.25) is 0 Å². The van der Waals surface area contributed by atoms with Crippen LogP contribution in [-0.2, 0) is 13.1 Å². The molecule has 4 aromatic rings. The van der Waals surface area contributed by atoms with Gasteiger partial charge < -0.3 is 9.80 Å². The molecule has 0 saturated carbocycles. The average molecular weight is 515 g/mol. The van der Waals surface area contributed by atoms with Gasteiger partial charge in [-0.3, -0.25) is 9.13 Å². The summed E-state index contributed by atoms with van der Waals surface area (Å²) in [7, 11) is 0. The van der Waals surface area contributed by atoms with E-state index < -0.39 is 0 Å². The number of imidazole rings is 1. The van der Waals surface area contributed by atoms with E-state index in [9.17, 15) is 13.6 Å². The third-order valence-electron chi connectivity index (χ3n) is 7.98. The van der Waals surface area contributed by atoms with Crippen LogP contribution in [0.15, 0.2) is 90.0 Å². The van der Waals surface area contributed by atoms with Gasteiger partial charge >= 0.3 is 5.69 Å². The fourth-order valence-electron chi connectivity index (χ4n) is 6.12. The third kappa shape index (κ3) is 4.90. The van der Waals surface area contributed by atoms with Crippen LogP contribution in [0.2, 0.25) is 0 Å². The van der Waals surface area contributed by atoms with Crippen LogP contribution in [-0.4, -0.2) is 39.7 Å². The number of piperidine rings is 1. The molecule has 1 fully saturated rings. The highest BCUT2D eigenvalue weighted by molar-refractivity contribution is 5.73. The molecule has 0 spiro atoms. The molecule has 196 valence electrons. The molecule has 3 heterocycles. The molecule has 5 nitrogen and oxygen atoms in total. The van der Waals surface area contributed by atoms with Crippen LogP contribution in [0.25, 0.3) is 0 Å². The molecule has 0 unspecified atom stereocenters. The number of aromatic nitrogens is 2. The molecule has 2 aliphatic heterocycles. The summed E-state index contributed by atoms with van der Waals surface area (Å²) >= 11 is 0. The zero-order valence-electron chi connectivity index (χ0n) is 21.3. The van der Waals surface area contributed by atoms with Crippen molar-refractivity contribution in [1.29, 1.82) is 0 Å². The van der Waals surface area contributed by atoms with Gasteiger partial charge in [-0.05, 0) is 79.4 Å². The lowest BCUT2D eigenvalue weighted by Gasteiger charge is -2.39. The summed E-state index contributed by atoms with van der Waals surface area (Å²) in [5.41, 5.74) is 4.15. The van der Waals surface area contributed by atoms with Crippen LogP contribution < -0.4 is 10.6 Å². The van der Waals surface area contributed by atoms with Gasteiger partial charge in [0.25, 0.3) is 0 Å². The number of hydrogen-bond donors (Lipinski definition) is 0. The quantitative estimate of drug-likeness (QED) is 0.280. The number of nitrogens with zero attached hydrogens (tertiary/aromatic N) is 4. The van der Waals surface area contributed by atoms with Crippen molar-refractivity contribution in [3.05, 3.63) is 118 Å². The molecular formula is C31H32F2N4O. The molecule has 3 aromatic carbocycles. The Morgan fingerprint density at radius 2 is 1.55 bits per heavy atom. The first-order chi connectivity index (χ1) is 18.6. The maximum atomic E-state index is 14.3. The van der Waals surface area contributed by atoms with E-state index in [1.54, 1.807) is 15.2 Å². The zero-order chi connectivity index (χ0) is 26.1. The van der Waals surface area contributed by atoms with E-state index in [1.165, 1.54) is 18.2 Å². The van der Waals surface area contributed by atoms with Crippen LogP contribution in [0, 0.1) is 11.6 Å². The maximum absolute atomic E-state index is 14.3. The van der Waals surface area contributed by atoms with E-state index >= 15 is 0 Å². The molecule has 0 amide bonds. The summed E-state index contributed by atoms with van der Waals surface area (Å²) in [5.74, 6) is -0.270. The minimum Gasteiger partial charge on any atom is -0.337 e. The van der Waals surface area contributed by atoms with E-state index in [0.717, 1.165) is 61.4 Å². The number of rotatable bonds is 8. The van der Waals surface area contributed by atoms with Crippen LogP contribution in [0.1, 0.15) is 36.3 Å². The van der Waals surface area contributed by atoms with E-state index in [0.29, 0.717) is 13.1 Å². The number of unbranched alkanes of at least 4 members (excludes halogenated alkanes) is 1. The molecule has 2 aliphatic rings. The number of anilines is 2. The number of likely N-dealkylation sites (tertiary alicyclic amines) is 1. The Labute approximate surface area is 221 Å². The summed E-state index contributed by atoms with van der Waals surface area (Å²) in [6, 6.07) is 21.9. The molecule has 1 saturated heterocycles. The molecule has 0 radical (unpaired) electrons. The Hall–Kier alpha value is -3.71.